The van der Waals surface area contributed by atoms with Gasteiger partial charge in [0.1, 0.15) is 0 Å². The molecule has 1 fully saturated rings. The molecule has 2 atom stereocenters. The minimum Gasteiger partial charge on any atom is -0.393 e. The SMILES string of the molecule is C=CCN1CCCC2CC(O)CC=C21. The highest BCUT2D eigenvalue weighted by Crippen LogP contribution is 2.34. The molecule has 0 aromatic carbocycles. The summed E-state index contributed by atoms with van der Waals surface area (Å²) in [7, 11) is 0. The van der Waals surface area contributed by atoms with Crippen molar-refractivity contribution in [3.63, 3.8) is 0 Å². The molecule has 2 heteroatoms. The maximum absolute atomic E-state index is 9.58. The second kappa shape index (κ2) is 4.18. The highest BCUT2D eigenvalue weighted by atomic mass is 16.3. The molecule has 1 aliphatic carbocycles. The van der Waals surface area contributed by atoms with Gasteiger partial charge in [0.2, 0.25) is 0 Å². The summed E-state index contributed by atoms with van der Waals surface area (Å²) in [6, 6.07) is 0. The zero-order valence-electron chi connectivity index (χ0n) is 8.65. The maximum atomic E-state index is 9.58. The van der Waals surface area contributed by atoms with Crippen molar-refractivity contribution in [3.8, 4) is 0 Å². The minimum absolute atomic E-state index is 0.104. The van der Waals surface area contributed by atoms with E-state index in [1.54, 1.807) is 0 Å². The number of nitrogens with zero attached hydrogens (tertiary/aromatic N) is 1. The van der Waals surface area contributed by atoms with E-state index in [2.05, 4.69) is 17.6 Å². The molecular weight excluding hydrogens is 174 g/mol. The molecule has 0 saturated carbocycles. The van der Waals surface area contributed by atoms with Crippen LogP contribution in [0.1, 0.15) is 25.7 Å². The van der Waals surface area contributed by atoms with Crippen LogP contribution in [0.5, 0.6) is 0 Å². The molecule has 78 valence electrons. The predicted molar refractivity (Wildman–Crippen MR) is 57.8 cm³/mol. The quantitative estimate of drug-likeness (QED) is 0.677. The van der Waals surface area contributed by atoms with Crippen molar-refractivity contribution in [2.45, 2.75) is 31.8 Å². The van der Waals surface area contributed by atoms with Crippen LogP contribution in [0.2, 0.25) is 0 Å². The van der Waals surface area contributed by atoms with E-state index < -0.39 is 0 Å². The van der Waals surface area contributed by atoms with Crippen molar-refractivity contribution in [1.29, 1.82) is 0 Å². The van der Waals surface area contributed by atoms with E-state index in [1.165, 1.54) is 18.5 Å². The molecular formula is C12H19NO. The molecule has 0 bridgehead atoms. The number of hydrogen-bond donors (Lipinski definition) is 1. The lowest BCUT2D eigenvalue weighted by molar-refractivity contribution is 0.116. The maximum Gasteiger partial charge on any atom is 0.0581 e. The number of aliphatic hydroxyl groups excluding tert-OH is 1. The summed E-state index contributed by atoms with van der Waals surface area (Å²) in [6.45, 7) is 5.90. The van der Waals surface area contributed by atoms with E-state index in [0.29, 0.717) is 5.92 Å². The Morgan fingerprint density at radius 3 is 3.29 bits per heavy atom. The van der Waals surface area contributed by atoms with E-state index in [4.69, 9.17) is 0 Å². The summed E-state index contributed by atoms with van der Waals surface area (Å²) in [5.74, 6) is 0.604. The number of rotatable bonds is 2. The third-order valence-electron chi connectivity index (χ3n) is 3.27. The van der Waals surface area contributed by atoms with Crippen molar-refractivity contribution >= 4 is 0 Å². The van der Waals surface area contributed by atoms with Gasteiger partial charge in [-0.15, -0.1) is 6.58 Å². The largest absolute Gasteiger partial charge is 0.393 e. The fraction of sp³-hybridized carbons (Fsp3) is 0.667. The minimum atomic E-state index is -0.104. The highest BCUT2D eigenvalue weighted by molar-refractivity contribution is 5.13. The van der Waals surface area contributed by atoms with Gasteiger partial charge in [0, 0.05) is 24.7 Å². The van der Waals surface area contributed by atoms with Crippen LogP contribution in [0.25, 0.3) is 0 Å². The van der Waals surface area contributed by atoms with E-state index in [0.717, 1.165) is 25.9 Å². The van der Waals surface area contributed by atoms with Crippen LogP contribution < -0.4 is 0 Å². The van der Waals surface area contributed by atoms with E-state index in [1.807, 2.05) is 6.08 Å². The molecule has 2 unspecified atom stereocenters. The van der Waals surface area contributed by atoms with Gasteiger partial charge in [-0.3, -0.25) is 0 Å². The Bertz CT molecular complexity index is 247. The fourth-order valence-corrected chi connectivity index (χ4v) is 2.63. The standard InChI is InChI=1S/C12H19NO/c1-2-7-13-8-3-4-10-9-11(14)5-6-12(10)13/h2,6,10-11,14H,1,3-5,7-9H2. The summed E-state index contributed by atoms with van der Waals surface area (Å²) in [5.41, 5.74) is 1.46. The topological polar surface area (TPSA) is 23.5 Å². The summed E-state index contributed by atoms with van der Waals surface area (Å²) in [5, 5.41) is 9.58. The third kappa shape index (κ3) is 1.85. The molecule has 0 aromatic heterocycles. The molecule has 0 amide bonds. The molecule has 1 heterocycles. The van der Waals surface area contributed by atoms with E-state index in [9.17, 15) is 5.11 Å². The molecule has 2 aliphatic rings. The van der Waals surface area contributed by atoms with Gasteiger partial charge in [-0.05, 0) is 25.7 Å². The van der Waals surface area contributed by atoms with Crippen LogP contribution >= 0.6 is 0 Å². The van der Waals surface area contributed by atoms with Crippen LogP contribution in [0.4, 0.5) is 0 Å². The first-order chi connectivity index (χ1) is 6.81. The van der Waals surface area contributed by atoms with E-state index in [-0.39, 0.29) is 6.10 Å². The molecule has 1 aliphatic heterocycles. The number of allylic oxidation sites excluding steroid dienone is 1. The summed E-state index contributed by atoms with van der Waals surface area (Å²) in [6.07, 6.45) is 8.38. The van der Waals surface area contributed by atoms with Crippen molar-refractivity contribution in [2.24, 2.45) is 5.92 Å². The number of hydrogen-bond acceptors (Lipinski definition) is 2. The first-order valence-corrected chi connectivity index (χ1v) is 5.55. The number of fused-ring (bicyclic) bond motifs is 1. The monoisotopic (exact) mass is 193 g/mol. The Balaban J connectivity index is 2.10. The number of aliphatic hydroxyl groups is 1. The van der Waals surface area contributed by atoms with Gasteiger partial charge in [-0.2, -0.15) is 0 Å². The van der Waals surface area contributed by atoms with Crippen molar-refractivity contribution in [2.75, 3.05) is 13.1 Å². The van der Waals surface area contributed by atoms with Gasteiger partial charge in [0.15, 0.2) is 0 Å². The Hall–Kier alpha value is -0.760. The average Bonchev–Trinajstić information content (AvgIpc) is 2.18. The molecule has 1 saturated heterocycles. The van der Waals surface area contributed by atoms with Crippen molar-refractivity contribution < 1.29 is 5.11 Å². The highest BCUT2D eigenvalue weighted by Gasteiger charge is 2.28. The Morgan fingerprint density at radius 1 is 1.64 bits per heavy atom. The number of likely N-dealkylation sites (tertiary alicyclic amines) is 1. The zero-order chi connectivity index (χ0) is 9.97. The zero-order valence-corrected chi connectivity index (χ0v) is 8.65. The normalized spacial score (nSPS) is 32.1. The first-order valence-electron chi connectivity index (χ1n) is 5.55. The van der Waals surface area contributed by atoms with Gasteiger partial charge in [-0.1, -0.05) is 12.2 Å². The summed E-state index contributed by atoms with van der Waals surface area (Å²) >= 11 is 0. The smallest absolute Gasteiger partial charge is 0.0581 e. The van der Waals surface area contributed by atoms with Gasteiger partial charge >= 0.3 is 0 Å². The lowest BCUT2D eigenvalue weighted by atomic mass is 9.83. The fourth-order valence-electron chi connectivity index (χ4n) is 2.63. The first kappa shape index (κ1) is 9.78. The van der Waals surface area contributed by atoms with E-state index >= 15 is 0 Å². The van der Waals surface area contributed by atoms with Gasteiger partial charge in [-0.25, -0.2) is 0 Å². The predicted octanol–water partition coefficient (Wildman–Crippen LogP) is 1.92. The molecule has 2 rings (SSSR count). The lowest BCUT2D eigenvalue weighted by Crippen LogP contribution is -2.36. The van der Waals surface area contributed by atoms with Crippen LogP contribution in [0.15, 0.2) is 24.4 Å². The van der Waals surface area contributed by atoms with Gasteiger partial charge in [0.05, 0.1) is 6.10 Å². The Kier molecular flexibility index (Phi) is 2.92. The molecule has 0 radical (unpaired) electrons. The second-order valence-electron chi connectivity index (χ2n) is 4.33. The Labute approximate surface area is 85.9 Å². The van der Waals surface area contributed by atoms with Crippen LogP contribution in [-0.2, 0) is 0 Å². The van der Waals surface area contributed by atoms with Crippen LogP contribution in [-0.4, -0.2) is 29.2 Å². The summed E-state index contributed by atoms with van der Waals surface area (Å²) < 4.78 is 0. The molecule has 14 heavy (non-hydrogen) atoms. The molecule has 1 N–H and O–H groups in total. The van der Waals surface area contributed by atoms with Crippen molar-refractivity contribution in [1.82, 2.24) is 4.90 Å². The molecule has 0 spiro atoms. The number of piperidine rings is 1. The summed E-state index contributed by atoms with van der Waals surface area (Å²) in [4.78, 5) is 2.41. The van der Waals surface area contributed by atoms with Crippen LogP contribution in [0, 0.1) is 5.92 Å². The lowest BCUT2D eigenvalue weighted by Gasteiger charge is -2.40. The van der Waals surface area contributed by atoms with Crippen LogP contribution in [0.3, 0.4) is 0 Å². The molecule has 0 aromatic rings. The van der Waals surface area contributed by atoms with Crippen molar-refractivity contribution in [3.05, 3.63) is 24.4 Å². The van der Waals surface area contributed by atoms with Gasteiger partial charge in [0.25, 0.3) is 0 Å². The molecule has 2 nitrogen and oxygen atoms in total. The average molecular weight is 193 g/mol. The van der Waals surface area contributed by atoms with Gasteiger partial charge < -0.3 is 10.0 Å². The second-order valence-corrected chi connectivity index (χ2v) is 4.33. The third-order valence-corrected chi connectivity index (χ3v) is 3.27. The Morgan fingerprint density at radius 2 is 2.50 bits per heavy atom.